The number of benzene rings is 1. The Kier molecular flexibility index (Phi) is 3.06. The Labute approximate surface area is 110 Å². The Hall–Kier alpha value is -1.39. The molecule has 94 valence electrons. The molecule has 0 aliphatic carbocycles. The van der Waals surface area contributed by atoms with Gasteiger partial charge in [0, 0.05) is 17.9 Å². The number of aliphatic hydroxyl groups is 1. The van der Waals surface area contributed by atoms with Gasteiger partial charge in [0.1, 0.15) is 5.82 Å². The van der Waals surface area contributed by atoms with Crippen LogP contribution in [0, 0.1) is 0 Å². The quantitative estimate of drug-likeness (QED) is 0.899. The van der Waals surface area contributed by atoms with Gasteiger partial charge in [-0.25, -0.2) is 9.67 Å². The van der Waals surface area contributed by atoms with Crippen LogP contribution in [0.1, 0.15) is 23.6 Å². The van der Waals surface area contributed by atoms with Crippen molar-refractivity contribution in [2.45, 2.75) is 31.9 Å². The fourth-order valence-corrected chi connectivity index (χ4v) is 2.43. The Balaban J connectivity index is 1.84. The number of aliphatic hydroxyl groups excluding tert-OH is 1. The molecule has 1 unspecified atom stereocenters. The van der Waals surface area contributed by atoms with E-state index in [2.05, 4.69) is 10.1 Å². The van der Waals surface area contributed by atoms with E-state index in [4.69, 9.17) is 11.6 Å². The van der Waals surface area contributed by atoms with Crippen LogP contribution < -0.4 is 0 Å². The van der Waals surface area contributed by atoms with E-state index >= 15 is 0 Å². The molecule has 0 saturated carbocycles. The van der Waals surface area contributed by atoms with Crippen molar-refractivity contribution in [1.82, 2.24) is 14.8 Å². The highest BCUT2D eigenvalue weighted by molar-refractivity contribution is 6.31. The summed E-state index contributed by atoms with van der Waals surface area (Å²) in [7, 11) is 0. The number of nitrogens with zero attached hydrogens (tertiary/aromatic N) is 3. The van der Waals surface area contributed by atoms with Crippen LogP contribution in [0.15, 0.2) is 24.3 Å². The van der Waals surface area contributed by atoms with E-state index in [0.29, 0.717) is 13.0 Å². The molecule has 4 nitrogen and oxygen atoms in total. The third kappa shape index (κ3) is 2.26. The Morgan fingerprint density at radius 2 is 2.22 bits per heavy atom. The minimum Gasteiger partial charge on any atom is -0.391 e. The molecule has 0 spiro atoms. The standard InChI is InChI=1S/C13H14ClN3O/c14-11-4-2-1-3-9(11)7-12-15-13-6-5-10(18)8-17(13)16-12/h1-4,10,18H,5-8H2. The van der Waals surface area contributed by atoms with Crippen molar-refractivity contribution in [1.29, 1.82) is 0 Å². The zero-order valence-corrected chi connectivity index (χ0v) is 10.6. The highest BCUT2D eigenvalue weighted by Gasteiger charge is 2.19. The molecule has 0 saturated heterocycles. The summed E-state index contributed by atoms with van der Waals surface area (Å²) in [6.07, 6.45) is 1.89. The second-order valence-electron chi connectivity index (χ2n) is 4.59. The first-order valence-corrected chi connectivity index (χ1v) is 6.44. The number of hydrogen-bond donors (Lipinski definition) is 1. The van der Waals surface area contributed by atoms with Gasteiger partial charge in [0.2, 0.25) is 0 Å². The maximum absolute atomic E-state index is 9.59. The lowest BCUT2D eigenvalue weighted by molar-refractivity contribution is 0.124. The molecule has 3 rings (SSSR count). The molecule has 0 radical (unpaired) electrons. The third-order valence-electron chi connectivity index (χ3n) is 3.18. The van der Waals surface area contributed by atoms with Gasteiger partial charge in [0.05, 0.1) is 12.6 Å². The third-order valence-corrected chi connectivity index (χ3v) is 3.55. The average Bonchev–Trinajstić information content (AvgIpc) is 2.73. The summed E-state index contributed by atoms with van der Waals surface area (Å²) >= 11 is 6.12. The van der Waals surface area contributed by atoms with E-state index in [9.17, 15) is 5.11 Å². The molecule has 0 bridgehead atoms. The summed E-state index contributed by atoms with van der Waals surface area (Å²) in [5.74, 6) is 1.73. The average molecular weight is 264 g/mol. The topological polar surface area (TPSA) is 50.9 Å². The van der Waals surface area contributed by atoms with E-state index in [-0.39, 0.29) is 6.10 Å². The number of aryl methyl sites for hydroxylation is 1. The van der Waals surface area contributed by atoms with Crippen molar-refractivity contribution < 1.29 is 5.11 Å². The van der Waals surface area contributed by atoms with Crippen molar-refractivity contribution in [3.05, 3.63) is 46.5 Å². The summed E-state index contributed by atoms with van der Waals surface area (Å²) in [6, 6.07) is 7.72. The number of fused-ring (bicyclic) bond motifs is 1. The van der Waals surface area contributed by atoms with Gasteiger partial charge in [-0.15, -0.1) is 0 Å². The smallest absolute Gasteiger partial charge is 0.155 e. The van der Waals surface area contributed by atoms with Crippen LogP contribution in [0.25, 0.3) is 0 Å². The number of rotatable bonds is 2. The van der Waals surface area contributed by atoms with Gasteiger partial charge in [0.15, 0.2) is 5.82 Å². The van der Waals surface area contributed by atoms with Crippen molar-refractivity contribution in [3.8, 4) is 0 Å². The van der Waals surface area contributed by atoms with Crippen LogP contribution in [0.4, 0.5) is 0 Å². The van der Waals surface area contributed by atoms with E-state index in [1.807, 2.05) is 24.3 Å². The number of hydrogen-bond acceptors (Lipinski definition) is 3. The molecule has 18 heavy (non-hydrogen) atoms. The summed E-state index contributed by atoms with van der Waals surface area (Å²) in [5.41, 5.74) is 1.03. The Morgan fingerprint density at radius 3 is 3.06 bits per heavy atom. The molecule has 5 heteroatoms. The van der Waals surface area contributed by atoms with Gasteiger partial charge >= 0.3 is 0 Å². The molecule has 0 amide bonds. The zero-order valence-electron chi connectivity index (χ0n) is 9.88. The van der Waals surface area contributed by atoms with Crippen molar-refractivity contribution in [2.75, 3.05) is 0 Å². The minimum atomic E-state index is -0.299. The van der Waals surface area contributed by atoms with Crippen molar-refractivity contribution in [2.24, 2.45) is 0 Å². The van der Waals surface area contributed by atoms with Crippen LogP contribution >= 0.6 is 11.6 Å². The van der Waals surface area contributed by atoms with Crippen LogP contribution in [0.5, 0.6) is 0 Å². The minimum absolute atomic E-state index is 0.299. The lowest BCUT2D eigenvalue weighted by Gasteiger charge is -2.16. The lowest BCUT2D eigenvalue weighted by Crippen LogP contribution is -2.25. The monoisotopic (exact) mass is 263 g/mol. The van der Waals surface area contributed by atoms with Gasteiger partial charge in [-0.3, -0.25) is 0 Å². The highest BCUT2D eigenvalue weighted by atomic mass is 35.5. The molecule has 1 N–H and O–H groups in total. The molecule has 1 atom stereocenters. The van der Waals surface area contributed by atoms with Crippen LogP contribution in [0.3, 0.4) is 0 Å². The summed E-state index contributed by atoms with van der Waals surface area (Å²) in [4.78, 5) is 4.50. The summed E-state index contributed by atoms with van der Waals surface area (Å²) in [5, 5.41) is 14.8. The van der Waals surface area contributed by atoms with E-state index in [0.717, 1.165) is 35.1 Å². The van der Waals surface area contributed by atoms with E-state index < -0.39 is 0 Å². The van der Waals surface area contributed by atoms with Gasteiger partial charge in [-0.05, 0) is 18.1 Å². The molecule has 0 fully saturated rings. The van der Waals surface area contributed by atoms with Crippen molar-refractivity contribution in [3.63, 3.8) is 0 Å². The molecule has 2 aromatic rings. The molecule has 1 aliphatic heterocycles. The molecule has 2 heterocycles. The van der Waals surface area contributed by atoms with Gasteiger partial charge in [-0.2, -0.15) is 5.10 Å². The second-order valence-corrected chi connectivity index (χ2v) is 4.99. The maximum Gasteiger partial charge on any atom is 0.155 e. The van der Waals surface area contributed by atoms with Gasteiger partial charge < -0.3 is 5.11 Å². The normalized spacial score (nSPS) is 18.7. The summed E-state index contributed by atoms with van der Waals surface area (Å²) in [6.45, 7) is 0.546. The van der Waals surface area contributed by atoms with Crippen LogP contribution in [0.2, 0.25) is 5.02 Å². The van der Waals surface area contributed by atoms with Crippen LogP contribution in [-0.2, 0) is 19.4 Å². The predicted molar refractivity (Wildman–Crippen MR) is 68.6 cm³/mol. The SMILES string of the molecule is OC1CCc2nc(Cc3ccccc3Cl)nn2C1. The lowest BCUT2D eigenvalue weighted by atomic mass is 10.1. The molecular formula is C13H14ClN3O. The van der Waals surface area contributed by atoms with Crippen LogP contribution in [-0.4, -0.2) is 26.0 Å². The number of aromatic nitrogens is 3. The maximum atomic E-state index is 9.59. The Bertz CT molecular complexity index is 567. The first-order chi connectivity index (χ1) is 8.72. The van der Waals surface area contributed by atoms with Gasteiger partial charge in [-0.1, -0.05) is 29.8 Å². The first-order valence-electron chi connectivity index (χ1n) is 6.06. The molecule has 1 aliphatic rings. The molecular weight excluding hydrogens is 250 g/mol. The zero-order chi connectivity index (χ0) is 12.5. The fraction of sp³-hybridized carbons (Fsp3) is 0.385. The van der Waals surface area contributed by atoms with E-state index in [1.54, 1.807) is 4.68 Å². The Morgan fingerprint density at radius 1 is 1.39 bits per heavy atom. The fourth-order valence-electron chi connectivity index (χ4n) is 2.23. The van der Waals surface area contributed by atoms with E-state index in [1.165, 1.54) is 0 Å². The summed E-state index contributed by atoms with van der Waals surface area (Å²) < 4.78 is 1.81. The number of halogens is 1. The van der Waals surface area contributed by atoms with Crippen molar-refractivity contribution >= 4 is 11.6 Å². The molecule has 1 aromatic carbocycles. The largest absolute Gasteiger partial charge is 0.391 e. The van der Waals surface area contributed by atoms with Gasteiger partial charge in [0.25, 0.3) is 0 Å². The molecule has 1 aromatic heterocycles. The predicted octanol–water partition coefficient (Wildman–Crippen LogP) is 1.83. The highest BCUT2D eigenvalue weighted by Crippen LogP contribution is 2.19. The first kappa shape index (κ1) is 11.7. The second kappa shape index (κ2) is 4.71.